The Balaban J connectivity index is 1.62. The number of aryl methyl sites for hydroxylation is 2. The Hall–Kier alpha value is -3.98. The van der Waals surface area contributed by atoms with Crippen molar-refractivity contribution in [3.8, 4) is 11.4 Å². The third-order valence-electron chi connectivity index (χ3n) is 6.30. The predicted molar refractivity (Wildman–Crippen MR) is 137 cm³/mol. The Bertz CT molecular complexity index is 1600. The van der Waals surface area contributed by atoms with Crippen molar-refractivity contribution in [1.29, 1.82) is 0 Å². The third kappa shape index (κ3) is 3.97. The fourth-order valence-corrected chi connectivity index (χ4v) is 4.46. The van der Waals surface area contributed by atoms with Gasteiger partial charge in [0.15, 0.2) is 11.6 Å². The monoisotopic (exact) mass is 488 g/mol. The molecule has 35 heavy (non-hydrogen) atoms. The van der Waals surface area contributed by atoms with Gasteiger partial charge < -0.3 is 10.6 Å². The third-order valence-corrected chi connectivity index (χ3v) is 6.53. The number of rotatable bonds is 5. The predicted octanol–water partition coefficient (Wildman–Crippen LogP) is 4.51. The lowest BCUT2D eigenvalue weighted by atomic mass is 10.0. The summed E-state index contributed by atoms with van der Waals surface area (Å²) in [7, 11) is 1.76. The number of hydrogen-bond donors (Lipinski definition) is 2. The first-order chi connectivity index (χ1) is 16.8. The van der Waals surface area contributed by atoms with Gasteiger partial charge in [0, 0.05) is 52.8 Å². The van der Waals surface area contributed by atoms with E-state index in [2.05, 4.69) is 15.3 Å². The summed E-state index contributed by atoms with van der Waals surface area (Å²) in [6.45, 7) is 7.18. The first-order valence-electron chi connectivity index (χ1n) is 11.3. The summed E-state index contributed by atoms with van der Waals surface area (Å²) in [5.74, 6) is 0.602. The van der Waals surface area contributed by atoms with Crippen molar-refractivity contribution >= 4 is 45.1 Å². The molecule has 0 spiro atoms. The van der Waals surface area contributed by atoms with Gasteiger partial charge in [0.05, 0.1) is 17.2 Å². The van der Waals surface area contributed by atoms with Crippen LogP contribution in [0, 0.1) is 13.8 Å². The Kier molecular flexibility index (Phi) is 5.64. The molecule has 178 valence electrons. The average molecular weight is 489 g/mol. The molecule has 0 aliphatic carbocycles. The molecule has 0 atom stereocenters. The van der Waals surface area contributed by atoms with Crippen molar-refractivity contribution in [2.45, 2.75) is 33.9 Å². The standard InChI is InChI=1S/C25H25ClN8O/c1-5-34-14(3)15(11-28-34)12-33(4)25(35)22-18-9-16(26)6-7-20(18)29-24(30-22)17-10-19-21(8-13(17)2)31-32-23(19)27/h6-11H,5,12H2,1-4H3,(H3,27,31,32). The van der Waals surface area contributed by atoms with Gasteiger partial charge in [-0.15, -0.1) is 0 Å². The number of halogens is 1. The Labute approximate surface area is 206 Å². The quantitative estimate of drug-likeness (QED) is 0.375. The fraction of sp³-hybridized carbons (Fsp3) is 0.240. The van der Waals surface area contributed by atoms with E-state index in [0.717, 1.165) is 39.8 Å². The van der Waals surface area contributed by atoms with E-state index in [9.17, 15) is 4.79 Å². The van der Waals surface area contributed by atoms with Crippen LogP contribution in [-0.4, -0.2) is 47.8 Å². The number of aromatic amines is 1. The van der Waals surface area contributed by atoms with Gasteiger partial charge >= 0.3 is 0 Å². The second kappa shape index (κ2) is 8.66. The van der Waals surface area contributed by atoms with Gasteiger partial charge in [-0.2, -0.15) is 10.2 Å². The SMILES string of the molecule is CCn1ncc(CN(C)C(=O)c2nc(-c3cc4c(N)n[nH]c4cc3C)nc3ccc(Cl)cc23)c1C. The van der Waals surface area contributed by atoms with Crippen molar-refractivity contribution in [1.82, 2.24) is 34.8 Å². The average Bonchev–Trinajstić information content (AvgIpc) is 3.38. The number of nitrogens with one attached hydrogen (secondary N) is 1. The topological polar surface area (TPSA) is 119 Å². The number of fused-ring (bicyclic) bond motifs is 2. The van der Waals surface area contributed by atoms with E-state index in [-0.39, 0.29) is 11.6 Å². The number of amides is 1. The lowest BCUT2D eigenvalue weighted by Gasteiger charge is -2.18. The van der Waals surface area contributed by atoms with Gasteiger partial charge in [-0.3, -0.25) is 14.6 Å². The van der Waals surface area contributed by atoms with Crippen LogP contribution in [0.2, 0.25) is 5.02 Å². The molecule has 3 aromatic heterocycles. The minimum Gasteiger partial charge on any atom is -0.382 e. The molecule has 2 aromatic carbocycles. The molecule has 3 heterocycles. The summed E-state index contributed by atoms with van der Waals surface area (Å²) >= 11 is 6.28. The summed E-state index contributed by atoms with van der Waals surface area (Å²) in [5, 5.41) is 13.3. The van der Waals surface area contributed by atoms with E-state index < -0.39 is 0 Å². The maximum atomic E-state index is 13.7. The second-order valence-electron chi connectivity index (χ2n) is 8.61. The summed E-state index contributed by atoms with van der Waals surface area (Å²) in [6, 6.07) is 9.14. The summed E-state index contributed by atoms with van der Waals surface area (Å²) < 4.78 is 1.91. The lowest BCUT2D eigenvalue weighted by molar-refractivity contribution is 0.0781. The van der Waals surface area contributed by atoms with Crippen molar-refractivity contribution in [2.75, 3.05) is 12.8 Å². The minimum absolute atomic E-state index is 0.230. The van der Waals surface area contributed by atoms with Crippen LogP contribution in [0.25, 0.3) is 33.2 Å². The van der Waals surface area contributed by atoms with Gasteiger partial charge in [-0.1, -0.05) is 11.6 Å². The molecular weight excluding hydrogens is 464 g/mol. The molecule has 0 saturated carbocycles. The highest BCUT2D eigenvalue weighted by Gasteiger charge is 2.22. The highest BCUT2D eigenvalue weighted by Crippen LogP contribution is 2.31. The molecule has 5 aromatic rings. The van der Waals surface area contributed by atoms with E-state index in [4.69, 9.17) is 27.3 Å². The van der Waals surface area contributed by atoms with Crippen LogP contribution >= 0.6 is 11.6 Å². The molecule has 0 aliphatic heterocycles. The minimum atomic E-state index is -0.230. The van der Waals surface area contributed by atoms with Gasteiger partial charge in [0.1, 0.15) is 5.69 Å². The fourth-order valence-electron chi connectivity index (χ4n) is 4.29. The van der Waals surface area contributed by atoms with Gasteiger partial charge in [0.2, 0.25) is 0 Å². The first kappa shape index (κ1) is 22.8. The zero-order valence-corrected chi connectivity index (χ0v) is 20.7. The number of aromatic nitrogens is 6. The van der Waals surface area contributed by atoms with Crippen molar-refractivity contribution in [3.63, 3.8) is 0 Å². The summed E-state index contributed by atoms with van der Waals surface area (Å²) in [5.41, 5.74) is 11.5. The van der Waals surface area contributed by atoms with Gasteiger partial charge in [0.25, 0.3) is 5.91 Å². The van der Waals surface area contributed by atoms with Crippen LogP contribution in [0.1, 0.15) is 34.2 Å². The highest BCUT2D eigenvalue weighted by atomic mass is 35.5. The van der Waals surface area contributed by atoms with Crippen LogP contribution in [0.3, 0.4) is 0 Å². The van der Waals surface area contributed by atoms with Gasteiger partial charge in [-0.25, -0.2) is 9.97 Å². The maximum Gasteiger partial charge on any atom is 0.273 e. The largest absolute Gasteiger partial charge is 0.382 e. The molecule has 0 radical (unpaired) electrons. The number of nitrogens with two attached hydrogens (primary N) is 1. The number of nitrogen functional groups attached to an aromatic ring is 1. The number of hydrogen-bond acceptors (Lipinski definition) is 6. The number of anilines is 1. The highest BCUT2D eigenvalue weighted by molar-refractivity contribution is 6.31. The van der Waals surface area contributed by atoms with Crippen LogP contribution in [0.5, 0.6) is 0 Å². The molecule has 0 unspecified atom stereocenters. The van der Waals surface area contributed by atoms with E-state index in [1.165, 1.54) is 0 Å². The number of carbonyl (C=O) groups is 1. The van der Waals surface area contributed by atoms with E-state index >= 15 is 0 Å². The normalized spacial score (nSPS) is 11.5. The van der Waals surface area contributed by atoms with Crippen LogP contribution in [0.15, 0.2) is 36.5 Å². The molecular formula is C25H25ClN8O. The Morgan fingerprint density at radius 2 is 1.97 bits per heavy atom. The summed E-state index contributed by atoms with van der Waals surface area (Å²) in [6.07, 6.45) is 1.80. The second-order valence-corrected chi connectivity index (χ2v) is 9.05. The molecule has 0 bridgehead atoms. The zero-order chi connectivity index (χ0) is 24.9. The van der Waals surface area contributed by atoms with Crippen molar-refractivity contribution in [3.05, 3.63) is 64.1 Å². The molecule has 1 amide bonds. The number of nitrogens with zero attached hydrogens (tertiary/aromatic N) is 6. The summed E-state index contributed by atoms with van der Waals surface area (Å²) in [4.78, 5) is 24.8. The van der Waals surface area contributed by atoms with Crippen LogP contribution in [0.4, 0.5) is 5.82 Å². The molecule has 10 heteroatoms. The number of H-pyrrole nitrogens is 1. The smallest absolute Gasteiger partial charge is 0.273 e. The molecule has 0 saturated heterocycles. The van der Waals surface area contributed by atoms with Crippen molar-refractivity contribution in [2.24, 2.45) is 0 Å². The van der Waals surface area contributed by atoms with Crippen LogP contribution in [-0.2, 0) is 13.1 Å². The Morgan fingerprint density at radius 1 is 1.17 bits per heavy atom. The molecule has 5 rings (SSSR count). The Morgan fingerprint density at radius 3 is 2.71 bits per heavy atom. The molecule has 0 aliphatic rings. The number of benzene rings is 2. The first-order valence-corrected chi connectivity index (χ1v) is 11.6. The zero-order valence-electron chi connectivity index (χ0n) is 19.9. The number of carbonyl (C=O) groups excluding carboxylic acids is 1. The van der Waals surface area contributed by atoms with Crippen LogP contribution < -0.4 is 5.73 Å². The molecule has 9 nitrogen and oxygen atoms in total. The maximum absolute atomic E-state index is 13.7. The van der Waals surface area contributed by atoms with E-state index in [1.807, 2.05) is 37.6 Å². The van der Waals surface area contributed by atoms with E-state index in [1.54, 1.807) is 36.3 Å². The molecule has 3 N–H and O–H groups in total. The lowest BCUT2D eigenvalue weighted by Crippen LogP contribution is -2.28. The van der Waals surface area contributed by atoms with E-state index in [0.29, 0.717) is 34.1 Å². The van der Waals surface area contributed by atoms with Crippen molar-refractivity contribution < 1.29 is 4.79 Å². The molecule has 0 fully saturated rings. The van der Waals surface area contributed by atoms with Gasteiger partial charge in [-0.05, 0) is 56.7 Å².